The molecule has 0 aromatic heterocycles. The minimum absolute atomic E-state index is 0. The summed E-state index contributed by atoms with van der Waals surface area (Å²) in [4.78, 5) is 0. The van der Waals surface area contributed by atoms with E-state index in [1.54, 1.807) is 0 Å². The van der Waals surface area contributed by atoms with Gasteiger partial charge in [0.1, 0.15) is 0 Å². The van der Waals surface area contributed by atoms with Crippen LogP contribution in [-0.2, 0) is 0 Å². The van der Waals surface area contributed by atoms with E-state index in [1.165, 1.54) is 103 Å². The lowest BCUT2D eigenvalue weighted by Gasteiger charge is -2.03. The molecular weight excluding hydrogens is 244 g/mol. The van der Waals surface area contributed by atoms with E-state index in [4.69, 9.17) is 0 Å². The van der Waals surface area contributed by atoms with Crippen molar-refractivity contribution in [1.29, 1.82) is 0 Å². The minimum atomic E-state index is 0. The first-order valence-electron chi connectivity index (χ1n) is 8.91. The van der Waals surface area contributed by atoms with Gasteiger partial charge in [-0.3, -0.25) is 0 Å². The lowest BCUT2D eigenvalue weighted by molar-refractivity contribution is 0.531. The second-order valence-corrected chi connectivity index (χ2v) is 5.95. The van der Waals surface area contributed by atoms with Crippen LogP contribution in [0.3, 0.4) is 0 Å². The van der Waals surface area contributed by atoms with Gasteiger partial charge in [-0.25, -0.2) is 0 Å². The summed E-state index contributed by atoms with van der Waals surface area (Å²) in [5, 5.41) is 0. The zero-order valence-corrected chi connectivity index (χ0v) is 14.8. The van der Waals surface area contributed by atoms with E-state index < -0.39 is 0 Å². The zero-order valence-electron chi connectivity index (χ0n) is 13.8. The second kappa shape index (κ2) is 20.5. The molecule has 4 radical (unpaired) electrons. The molecule has 0 aliphatic heterocycles. The monoisotopic (exact) mass is 282 g/mol. The summed E-state index contributed by atoms with van der Waals surface area (Å²) in [6.07, 6.45) is 23.4. The summed E-state index contributed by atoms with van der Waals surface area (Å²) in [6, 6.07) is 0. The average Bonchev–Trinajstić information content (AvgIpc) is 2.39. The molecule has 19 heavy (non-hydrogen) atoms. The van der Waals surface area contributed by atoms with E-state index in [-0.39, 0.29) is 11.0 Å². The van der Waals surface area contributed by atoms with Gasteiger partial charge in [0.15, 0.2) is 0 Å². The summed E-state index contributed by atoms with van der Waals surface area (Å²) in [6.45, 7) is 4.59. The summed E-state index contributed by atoms with van der Waals surface area (Å²) >= 11 is 0. The van der Waals surface area contributed by atoms with E-state index in [0.29, 0.717) is 0 Å². The Kier molecular flexibility index (Phi) is 23.2. The van der Waals surface area contributed by atoms with Crippen LogP contribution in [0.5, 0.6) is 0 Å². The lowest BCUT2D eigenvalue weighted by atomic mass is 10.0. The van der Waals surface area contributed by atoms with Crippen LogP contribution in [0, 0.1) is 0 Å². The maximum Gasteiger partial charge on any atom is 0 e. The van der Waals surface area contributed by atoms with Gasteiger partial charge < -0.3 is 0 Å². The molecule has 0 aromatic carbocycles. The molecule has 0 spiro atoms. The van der Waals surface area contributed by atoms with Gasteiger partial charge in [-0.1, -0.05) is 117 Å². The van der Waals surface area contributed by atoms with Crippen LogP contribution in [0.25, 0.3) is 0 Å². The first-order valence-corrected chi connectivity index (χ1v) is 8.91. The van der Waals surface area contributed by atoms with Gasteiger partial charge in [-0.05, 0) is 0 Å². The molecule has 0 atom stereocenters. The Hall–Kier alpha value is 0.217. The van der Waals surface area contributed by atoms with Gasteiger partial charge in [0.05, 0.1) is 0 Å². The van der Waals surface area contributed by atoms with Crippen molar-refractivity contribution in [2.45, 2.75) is 117 Å². The SMILES string of the molecule is CCCCCCCCCCCCCCCCCC.[Si]. The predicted molar refractivity (Wildman–Crippen MR) is 91.0 cm³/mol. The third-order valence-corrected chi connectivity index (χ3v) is 3.96. The first kappa shape index (κ1) is 21.5. The van der Waals surface area contributed by atoms with Gasteiger partial charge in [0, 0.05) is 11.0 Å². The van der Waals surface area contributed by atoms with Gasteiger partial charge >= 0.3 is 0 Å². The van der Waals surface area contributed by atoms with Crippen molar-refractivity contribution in [3.8, 4) is 0 Å². The van der Waals surface area contributed by atoms with Crippen LogP contribution in [0.1, 0.15) is 117 Å². The molecule has 0 unspecified atom stereocenters. The lowest BCUT2D eigenvalue weighted by Crippen LogP contribution is -1.83. The van der Waals surface area contributed by atoms with Gasteiger partial charge in [0.25, 0.3) is 0 Å². The van der Waals surface area contributed by atoms with Gasteiger partial charge in [0.2, 0.25) is 0 Å². The molecule has 0 fully saturated rings. The Bertz CT molecular complexity index is 118. The second-order valence-electron chi connectivity index (χ2n) is 5.95. The molecule has 0 rings (SSSR count). The van der Waals surface area contributed by atoms with E-state index in [2.05, 4.69) is 13.8 Å². The van der Waals surface area contributed by atoms with Crippen molar-refractivity contribution in [2.24, 2.45) is 0 Å². The average molecular weight is 283 g/mol. The quantitative estimate of drug-likeness (QED) is 0.227. The van der Waals surface area contributed by atoms with Gasteiger partial charge in [-0.2, -0.15) is 0 Å². The fourth-order valence-corrected chi connectivity index (χ4v) is 2.62. The third kappa shape index (κ3) is 20.7. The number of unbranched alkanes of at least 4 members (excludes halogenated alkanes) is 15. The summed E-state index contributed by atoms with van der Waals surface area (Å²) in [5.74, 6) is 0. The highest BCUT2D eigenvalue weighted by molar-refractivity contribution is 5.75. The molecule has 0 amide bonds. The van der Waals surface area contributed by atoms with Crippen molar-refractivity contribution in [3.63, 3.8) is 0 Å². The first-order chi connectivity index (χ1) is 8.91. The Morgan fingerprint density at radius 2 is 0.474 bits per heavy atom. The molecule has 0 bridgehead atoms. The fourth-order valence-electron chi connectivity index (χ4n) is 2.62. The summed E-state index contributed by atoms with van der Waals surface area (Å²) < 4.78 is 0. The smallest absolute Gasteiger partial charge is 0 e. The van der Waals surface area contributed by atoms with Crippen molar-refractivity contribution >= 4 is 11.0 Å². The molecule has 0 aliphatic carbocycles. The molecule has 0 saturated carbocycles. The van der Waals surface area contributed by atoms with E-state index in [0.717, 1.165) is 0 Å². The number of rotatable bonds is 15. The van der Waals surface area contributed by atoms with E-state index >= 15 is 0 Å². The van der Waals surface area contributed by atoms with Gasteiger partial charge in [-0.15, -0.1) is 0 Å². The molecule has 0 nitrogen and oxygen atoms in total. The van der Waals surface area contributed by atoms with Crippen LogP contribution < -0.4 is 0 Å². The van der Waals surface area contributed by atoms with Crippen molar-refractivity contribution in [3.05, 3.63) is 0 Å². The van der Waals surface area contributed by atoms with E-state index in [1.807, 2.05) is 0 Å². The summed E-state index contributed by atoms with van der Waals surface area (Å²) in [5.41, 5.74) is 0. The van der Waals surface area contributed by atoms with E-state index in [9.17, 15) is 0 Å². The largest absolute Gasteiger partial charge is 0.0654 e. The Morgan fingerprint density at radius 1 is 0.316 bits per heavy atom. The van der Waals surface area contributed by atoms with Crippen LogP contribution in [0.15, 0.2) is 0 Å². The molecule has 0 heterocycles. The molecule has 0 aromatic rings. The molecule has 1 heteroatoms. The maximum atomic E-state index is 2.29. The maximum absolute atomic E-state index is 2.29. The van der Waals surface area contributed by atoms with Crippen molar-refractivity contribution in [1.82, 2.24) is 0 Å². The third-order valence-electron chi connectivity index (χ3n) is 3.96. The Balaban J connectivity index is 0. The minimum Gasteiger partial charge on any atom is -0.0654 e. The standard InChI is InChI=1S/C18H38.Si/c1-3-5-7-9-11-13-15-17-18-16-14-12-10-8-6-4-2;/h3-18H2,1-2H3;. The van der Waals surface area contributed by atoms with Crippen molar-refractivity contribution in [2.75, 3.05) is 0 Å². The van der Waals surface area contributed by atoms with Crippen molar-refractivity contribution < 1.29 is 0 Å². The Labute approximate surface area is 128 Å². The number of hydrogen-bond acceptors (Lipinski definition) is 0. The van der Waals surface area contributed by atoms with Crippen LogP contribution in [0.4, 0.5) is 0 Å². The summed E-state index contributed by atoms with van der Waals surface area (Å²) in [7, 11) is 0. The molecule has 114 valence electrons. The fraction of sp³-hybridized carbons (Fsp3) is 1.00. The molecule has 0 saturated heterocycles. The zero-order chi connectivity index (χ0) is 13.3. The Morgan fingerprint density at radius 3 is 0.632 bits per heavy atom. The molecular formula is C18H38Si. The van der Waals surface area contributed by atoms with Crippen LogP contribution >= 0.6 is 0 Å². The van der Waals surface area contributed by atoms with Crippen LogP contribution in [-0.4, -0.2) is 11.0 Å². The van der Waals surface area contributed by atoms with Crippen LogP contribution in [0.2, 0.25) is 0 Å². The highest BCUT2D eigenvalue weighted by Crippen LogP contribution is 2.13. The molecule has 0 N–H and O–H groups in total. The highest BCUT2D eigenvalue weighted by atomic mass is 28.1. The molecule has 0 aliphatic rings. The topological polar surface area (TPSA) is 0 Å². The normalized spacial score (nSPS) is 10.4. The predicted octanol–water partition coefficient (Wildman–Crippen LogP) is 6.89. The number of hydrogen-bond donors (Lipinski definition) is 0. The highest BCUT2D eigenvalue weighted by Gasteiger charge is 1.93.